The summed E-state index contributed by atoms with van der Waals surface area (Å²) in [7, 11) is 0. The lowest BCUT2D eigenvalue weighted by molar-refractivity contribution is 0.669. The van der Waals surface area contributed by atoms with Gasteiger partial charge in [0.2, 0.25) is 0 Å². The normalized spacial score (nSPS) is 11.6. The van der Waals surface area contributed by atoms with Crippen molar-refractivity contribution in [1.29, 1.82) is 0 Å². The fraction of sp³-hybridized carbons (Fsp3) is 0. The Kier molecular flexibility index (Phi) is 7.46. The van der Waals surface area contributed by atoms with E-state index in [-0.39, 0.29) is 0 Å². The smallest absolute Gasteiger partial charge is 0.161 e. The first-order valence-corrected chi connectivity index (χ1v) is 18.9. The summed E-state index contributed by atoms with van der Waals surface area (Å²) in [5.74, 6) is 0.666. The molecule has 0 N–H and O–H groups in total. The van der Waals surface area contributed by atoms with Gasteiger partial charge in [0, 0.05) is 50.4 Å². The van der Waals surface area contributed by atoms with E-state index < -0.39 is 0 Å². The summed E-state index contributed by atoms with van der Waals surface area (Å²) in [4.78, 5) is 12.8. The van der Waals surface area contributed by atoms with Gasteiger partial charge in [-0.15, -0.1) is 0 Å². The summed E-state index contributed by atoms with van der Waals surface area (Å²) in [5, 5.41) is 7.76. The molecule has 11 rings (SSSR count). The van der Waals surface area contributed by atoms with E-state index in [9.17, 15) is 0 Å². The number of benzene rings is 9. The Bertz CT molecular complexity index is 3270. The molecule has 262 valence electrons. The number of hydrogen-bond donors (Lipinski definition) is 0. The minimum absolute atomic E-state index is 0.666. The lowest BCUT2D eigenvalue weighted by Crippen LogP contribution is -2.10. The average molecular weight is 716 g/mol. The molecular weight excluding hydrogens is 683 g/mol. The zero-order valence-corrected chi connectivity index (χ0v) is 30.3. The molecule has 0 amide bonds. The zero-order chi connectivity index (χ0) is 37.0. The van der Waals surface area contributed by atoms with Gasteiger partial charge in [0.05, 0.1) is 11.2 Å². The highest BCUT2D eigenvalue weighted by Gasteiger charge is 2.20. The van der Waals surface area contributed by atoms with Crippen LogP contribution >= 0.6 is 0 Å². The molecule has 0 fully saturated rings. The number of fused-ring (bicyclic) bond motifs is 6. The first-order chi connectivity index (χ1) is 27.7. The van der Waals surface area contributed by atoms with Crippen LogP contribution in [-0.2, 0) is 0 Å². The van der Waals surface area contributed by atoms with E-state index in [1.54, 1.807) is 0 Å². The second-order valence-electron chi connectivity index (χ2n) is 14.2. The third-order valence-corrected chi connectivity index (χ3v) is 10.8. The Hall–Kier alpha value is -7.56. The van der Waals surface area contributed by atoms with Gasteiger partial charge in [0.1, 0.15) is 11.2 Å². The number of para-hydroxylation sites is 1. The standard InChI is InChI=1S/C52H33N3O/c1-2-13-34(14-3-1)38-19-10-20-39(31-38)55(40-28-27-35-15-4-5-17-37(35)32-40)41-29-30-45-49(33-41)56-48-26-12-24-46(50(45)48)52-53-47-25-9-8-22-44(47)51(54-52)43-23-11-18-36-16-6-7-21-42(36)43/h1-33H. The van der Waals surface area contributed by atoms with Gasteiger partial charge in [-0.3, -0.25) is 0 Å². The van der Waals surface area contributed by atoms with E-state index in [0.29, 0.717) is 5.82 Å². The molecule has 4 heteroatoms. The van der Waals surface area contributed by atoms with Crippen LogP contribution in [0.5, 0.6) is 0 Å². The molecule has 0 aliphatic carbocycles. The highest BCUT2D eigenvalue weighted by atomic mass is 16.3. The largest absolute Gasteiger partial charge is 0.456 e. The first kappa shape index (κ1) is 31.9. The average Bonchev–Trinajstić information content (AvgIpc) is 3.65. The van der Waals surface area contributed by atoms with Gasteiger partial charge in [0.15, 0.2) is 5.82 Å². The molecule has 56 heavy (non-hydrogen) atoms. The van der Waals surface area contributed by atoms with Crippen molar-refractivity contribution in [2.75, 3.05) is 4.90 Å². The third-order valence-electron chi connectivity index (χ3n) is 10.8. The van der Waals surface area contributed by atoms with Gasteiger partial charge in [-0.2, -0.15) is 0 Å². The highest BCUT2D eigenvalue weighted by Crippen LogP contribution is 2.43. The van der Waals surface area contributed by atoms with Crippen LogP contribution in [-0.4, -0.2) is 9.97 Å². The van der Waals surface area contributed by atoms with Crippen molar-refractivity contribution in [1.82, 2.24) is 9.97 Å². The van der Waals surface area contributed by atoms with Gasteiger partial charge >= 0.3 is 0 Å². The van der Waals surface area contributed by atoms with Crippen molar-refractivity contribution in [2.45, 2.75) is 0 Å². The molecule has 0 saturated carbocycles. The second kappa shape index (κ2) is 13.1. The Labute approximate surface area is 323 Å². The van der Waals surface area contributed by atoms with Crippen molar-refractivity contribution in [3.8, 4) is 33.8 Å². The number of anilines is 3. The van der Waals surface area contributed by atoms with E-state index in [1.165, 1.54) is 21.7 Å². The van der Waals surface area contributed by atoms with Crippen molar-refractivity contribution >= 4 is 71.4 Å². The molecule has 4 nitrogen and oxygen atoms in total. The van der Waals surface area contributed by atoms with Gasteiger partial charge < -0.3 is 9.32 Å². The van der Waals surface area contributed by atoms with E-state index in [0.717, 1.165) is 77.7 Å². The summed E-state index contributed by atoms with van der Waals surface area (Å²) in [6, 6.07) is 70.3. The summed E-state index contributed by atoms with van der Waals surface area (Å²) < 4.78 is 6.72. The van der Waals surface area contributed by atoms with Gasteiger partial charge in [0.25, 0.3) is 0 Å². The molecule has 0 atom stereocenters. The molecule has 0 unspecified atom stereocenters. The van der Waals surface area contributed by atoms with Crippen molar-refractivity contribution in [3.63, 3.8) is 0 Å². The summed E-state index contributed by atoms with van der Waals surface area (Å²) in [6.45, 7) is 0. The second-order valence-corrected chi connectivity index (χ2v) is 14.2. The van der Waals surface area contributed by atoms with Crippen LogP contribution in [0.15, 0.2) is 205 Å². The molecule has 0 radical (unpaired) electrons. The van der Waals surface area contributed by atoms with E-state index >= 15 is 0 Å². The minimum atomic E-state index is 0.666. The molecule has 2 aromatic heterocycles. The fourth-order valence-corrected chi connectivity index (χ4v) is 8.19. The monoisotopic (exact) mass is 715 g/mol. The number of aromatic nitrogens is 2. The van der Waals surface area contributed by atoms with Crippen LogP contribution in [0.4, 0.5) is 17.1 Å². The zero-order valence-electron chi connectivity index (χ0n) is 30.3. The Morgan fingerprint density at radius 2 is 1.04 bits per heavy atom. The van der Waals surface area contributed by atoms with E-state index in [4.69, 9.17) is 14.4 Å². The maximum atomic E-state index is 6.72. The predicted octanol–water partition coefficient (Wildman–Crippen LogP) is 14.3. The lowest BCUT2D eigenvalue weighted by atomic mass is 9.98. The van der Waals surface area contributed by atoms with Crippen molar-refractivity contribution in [3.05, 3.63) is 200 Å². The van der Waals surface area contributed by atoms with Crippen LogP contribution in [0.2, 0.25) is 0 Å². The SMILES string of the molecule is c1ccc(-c2cccc(N(c3ccc4ccccc4c3)c3ccc4c(c3)oc3cccc(-c5nc(-c6cccc7ccccc67)c6ccccc6n5)c34)c2)cc1. The Morgan fingerprint density at radius 3 is 1.95 bits per heavy atom. The maximum absolute atomic E-state index is 6.72. The topological polar surface area (TPSA) is 42.2 Å². The number of furan rings is 1. The maximum Gasteiger partial charge on any atom is 0.161 e. The highest BCUT2D eigenvalue weighted by molar-refractivity contribution is 6.13. The van der Waals surface area contributed by atoms with Crippen LogP contribution < -0.4 is 4.90 Å². The quantitative estimate of drug-likeness (QED) is 0.172. The van der Waals surface area contributed by atoms with Crippen LogP contribution in [0.1, 0.15) is 0 Å². The first-order valence-electron chi connectivity index (χ1n) is 18.9. The third kappa shape index (κ3) is 5.39. The summed E-state index contributed by atoms with van der Waals surface area (Å²) in [5.41, 5.74) is 10.9. The van der Waals surface area contributed by atoms with Gasteiger partial charge in [-0.1, -0.05) is 146 Å². The van der Waals surface area contributed by atoms with E-state index in [1.807, 2.05) is 18.2 Å². The number of hydrogen-bond acceptors (Lipinski definition) is 4. The molecule has 0 aliphatic heterocycles. The van der Waals surface area contributed by atoms with Crippen LogP contribution in [0, 0.1) is 0 Å². The predicted molar refractivity (Wildman–Crippen MR) is 233 cm³/mol. The molecular formula is C52H33N3O. The van der Waals surface area contributed by atoms with Gasteiger partial charge in [-0.25, -0.2) is 9.97 Å². The van der Waals surface area contributed by atoms with Crippen LogP contribution in [0.25, 0.3) is 88.2 Å². The lowest BCUT2D eigenvalue weighted by Gasteiger charge is -2.26. The molecule has 9 aromatic carbocycles. The van der Waals surface area contributed by atoms with Gasteiger partial charge in [-0.05, 0) is 81.2 Å². The molecule has 11 aromatic rings. The minimum Gasteiger partial charge on any atom is -0.456 e. The van der Waals surface area contributed by atoms with E-state index in [2.05, 4.69) is 187 Å². The Balaban J connectivity index is 1.09. The number of rotatable bonds is 6. The molecule has 0 bridgehead atoms. The molecule has 0 spiro atoms. The van der Waals surface area contributed by atoms with Crippen LogP contribution in [0.3, 0.4) is 0 Å². The Morgan fingerprint density at radius 1 is 0.375 bits per heavy atom. The summed E-state index contributed by atoms with van der Waals surface area (Å²) in [6.07, 6.45) is 0. The molecule has 0 aliphatic rings. The number of nitrogens with zero attached hydrogens (tertiary/aromatic N) is 3. The molecule has 0 saturated heterocycles. The van der Waals surface area contributed by atoms with Crippen molar-refractivity contribution < 1.29 is 4.42 Å². The van der Waals surface area contributed by atoms with Crippen molar-refractivity contribution in [2.24, 2.45) is 0 Å². The fourth-order valence-electron chi connectivity index (χ4n) is 8.19. The molecule has 2 heterocycles. The summed E-state index contributed by atoms with van der Waals surface area (Å²) >= 11 is 0.